The molecule has 1 aliphatic carbocycles. The standard InChI is InChI=1S/C21H24N4O/c22-15-21(10-2-1-3-11-21)20(26)24-18-6-4-16(5-7-18)19-14-23-17-8-12-25(19)13-9-17/h1-7,10,17,19,23H,8-9,11-14H2,(H,24,26). The Morgan fingerprint density at radius 2 is 2.00 bits per heavy atom. The summed E-state index contributed by atoms with van der Waals surface area (Å²) in [6.07, 6.45) is 10.0. The van der Waals surface area contributed by atoms with Crippen molar-refractivity contribution < 1.29 is 4.79 Å². The number of hydrogen-bond donors (Lipinski definition) is 2. The van der Waals surface area contributed by atoms with Crippen LogP contribution in [0.4, 0.5) is 5.69 Å². The minimum atomic E-state index is -1.11. The number of fused-ring (bicyclic) bond motifs is 4. The molecule has 3 heterocycles. The van der Waals surface area contributed by atoms with Gasteiger partial charge in [-0.05, 0) is 37.0 Å². The Labute approximate surface area is 154 Å². The third-order valence-electron chi connectivity index (χ3n) is 5.80. The Bertz CT molecular complexity index is 768. The molecule has 2 unspecified atom stereocenters. The summed E-state index contributed by atoms with van der Waals surface area (Å²) < 4.78 is 0. The normalized spacial score (nSPS) is 32.7. The maximum absolute atomic E-state index is 12.6. The lowest BCUT2D eigenvalue weighted by Gasteiger charge is -2.31. The molecule has 0 radical (unpaired) electrons. The molecule has 5 heteroatoms. The molecule has 0 aromatic heterocycles. The molecule has 5 rings (SSSR count). The molecule has 3 fully saturated rings. The fourth-order valence-electron chi connectivity index (χ4n) is 4.10. The number of benzene rings is 1. The highest BCUT2D eigenvalue weighted by molar-refractivity contribution is 5.99. The van der Waals surface area contributed by atoms with E-state index in [1.165, 1.54) is 18.4 Å². The number of allylic oxidation sites excluding steroid dienone is 3. The molecule has 0 spiro atoms. The lowest BCUT2D eigenvalue weighted by atomic mass is 9.82. The second-order valence-corrected chi connectivity index (χ2v) is 7.38. The molecule has 0 saturated carbocycles. The third kappa shape index (κ3) is 3.18. The zero-order valence-corrected chi connectivity index (χ0v) is 14.8. The number of piperidine rings is 1. The molecule has 1 amide bonds. The Morgan fingerprint density at radius 3 is 2.65 bits per heavy atom. The van der Waals surface area contributed by atoms with E-state index >= 15 is 0 Å². The van der Waals surface area contributed by atoms with E-state index in [4.69, 9.17) is 0 Å². The van der Waals surface area contributed by atoms with Crippen molar-refractivity contribution in [1.29, 1.82) is 5.26 Å². The molecule has 2 atom stereocenters. The van der Waals surface area contributed by atoms with E-state index in [1.807, 2.05) is 24.3 Å². The first kappa shape index (κ1) is 17.0. The van der Waals surface area contributed by atoms with E-state index in [2.05, 4.69) is 33.7 Å². The summed E-state index contributed by atoms with van der Waals surface area (Å²) in [4.78, 5) is 15.2. The Morgan fingerprint density at radius 1 is 1.23 bits per heavy atom. The number of amides is 1. The predicted molar refractivity (Wildman–Crippen MR) is 101 cm³/mol. The number of nitriles is 1. The van der Waals surface area contributed by atoms with Crippen molar-refractivity contribution in [2.45, 2.75) is 31.3 Å². The van der Waals surface area contributed by atoms with Crippen molar-refractivity contribution in [3.63, 3.8) is 0 Å². The summed E-state index contributed by atoms with van der Waals surface area (Å²) in [7, 11) is 0. The molecule has 26 heavy (non-hydrogen) atoms. The number of hydrogen-bond acceptors (Lipinski definition) is 4. The molecule has 2 bridgehead atoms. The number of nitrogens with one attached hydrogen (secondary N) is 2. The smallest absolute Gasteiger partial charge is 0.249 e. The van der Waals surface area contributed by atoms with Crippen molar-refractivity contribution in [1.82, 2.24) is 10.2 Å². The van der Waals surface area contributed by atoms with Crippen LogP contribution in [0.5, 0.6) is 0 Å². The first-order valence-corrected chi connectivity index (χ1v) is 9.35. The molecule has 2 N–H and O–H groups in total. The van der Waals surface area contributed by atoms with Gasteiger partial charge in [0.05, 0.1) is 6.07 Å². The summed E-state index contributed by atoms with van der Waals surface area (Å²) >= 11 is 0. The molecule has 1 aromatic carbocycles. The summed E-state index contributed by atoms with van der Waals surface area (Å²) in [6.45, 7) is 3.27. The van der Waals surface area contributed by atoms with Crippen LogP contribution < -0.4 is 10.6 Å². The molecule has 3 aliphatic heterocycles. The van der Waals surface area contributed by atoms with Gasteiger partial charge in [-0.1, -0.05) is 36.4 Å². The zero-order valence-electron chi connectivity index (χ0n) is 14.8. The minimum Gasteiger partial charge on any atom is -0.324 e. The maximum atomic E-state index is 12.6. The highest BCUT2D eigenvalue weighted by atomic mass is 16.2. The fourth-order valence-corrected chi connectivity index (χ4v) is 4.10. The highest BCUT2D eigenvalue weighted by Gasteiger charge is 2.36. The van der Waals surface area contributed by atoms with Gasteiger partial charge in [-0.25, -0.2) is 0 Å². The van der Waals surface area contributed by atoms with Gasteiger partial charge in [0.25, 0.3) is 0 Å². The summed E-state index contributed by atoms with van der Waals surface area (Å²) in [5.41, 5.74) is 0.897. The quantitative estimate of drug-likeness (QED) is 0.881. The van der Waals surface area contributed by atoms with Crippen molar-refractivity contribution in [2.75, 3.05) is 25.0 Å². The second kappa shape index (κ2) is 7.06. The van der Waals surface area contributed by atoms with E-state index in [9.17, 15) is 10.1 Å². The molecular weight excluding hydrogens is 324 g/mol. The maximum Gasteiger partial charge on any atom is 0.249 e. The van der Waals surface area contributed by atoms with Crippen molar-refractivity contribution in [3.05, 3.63) is 54.1 Å². The van der Waals surface area contributed by atoms with Gasteiger partial charge in [0, 0.05) is 37.4 Å². The van der Waals surface area contributed by atoms with Gasteiger partial charge in [0.15, 0.2) is 5.41 Å². The molecule has 1 aromatic rings. The van der Waals surface area contributed by atoms with Crippen LogP contribution in [-0.2, 0) is 4.79 Å². The first-order chi connectivity index (χ1) is 12.7. The van der Waals surface area contributed by atoms with Crippen LogP contribution in [0.25, 0.3) is 0 Å². The summed E-state index contributed by atoms with van der Waals surface area (Å²) in [5, 5.41) is 16.0. The van der Waals surface area contributed by atoms with Crippen LogP contribution in [0.2, 0.25) is 0 Å². The van der Waals surface area contributed by atoms with Crippen LogP contribution >= 0.6 is 0 Å². The van der Waals surface area contributed by atoms with Crippen LogP contribution in [0.15, 0.2) is 48.6 Å². The van der Waals surface area contributed by atoms with Gasteiger partial charge >= 0.3 is 0 Å². The summed E-state index contributed by atoms with van der Waals surface area (Å²) in [5.74, 6) is -0.271. The van der Waals surface area contributed by atoms with E-state index in [0.29, 0.717) is 18.5 Å². The molecule has 4 aliphatic rings. The number of anilines is 1. The van der Waals surface area contributed by atoms with Crippen molar-refractivity contribution in [2.24, 2.45) is 5.41 Å². The SMILES string of the molecule is N#CC1(C(=O)Nc2ccc(C3CNC4CCN3CC4)cc2)C=CC=CC1. The summed E-state index contributed by atoms with van der Waals surface area (Å²) in [6, 6.07) is 11.3. The largest absolute Gasteiger partial charge is 0.324 e. The van der Waals surface area contributed by atoms with Crippen LogP contribution in [0.1, 0.15) is 30.9 Å². The lowest BCUT2D eigenvalue weighted by Crippen LogP contribution is -2.35. The van der Waals surface area contributed by atoms with Gasteiger partial charge in [0.2, 0.25) is 5.91 Å². The second-order valence-electron chi connectivity index (χ2n) is 7.38. The number of carbonyl (C=O) groups is 1. The fraction of sp³-hybridized carbons (Fsp3) is 0.429. The topological polar surface area (TPSA) is 68.2 Å². The first-order valence-electron chi connectivity index (χ1n) is 9.35. The molecular formula is C21H24N4O. The minimum absolute atomic E-state index is 0.271. The van der Waals surface area contributed by atoms with Crippen LogP contribution in [0.3, 0.4) is 0 Å². The van der Waals surface area contributed by atoms with Gasteiger partial charge in [-0.15, -0.1) is 0 Å². The van der Waals surface area contributed by atoms with Crippen molar-refractivity contribution in [3.8, 4) is 6.07 Å². The highest BCUT2D eigenvalue weighted by Crippen LogP contribution is 2.31. The van der Waals surface area contributed by atoms with E-state index in [-0.39, 0.29) is 5.91 Å². The Hall–Kier alpha value is -2.42. The average molecular weight is 348 g/mol. The van der Waals surface area contributed by atoms with E-state index in [0.717, 1.165) is 25.3 Å². The predicted octanol–water partition coefficient (Wildman–Crippen LogP) is 2.76. The molecule has 134 valence electrons. The van der Waals surface area contributed by atoms with E-state index < -0.39 is 5.41 Å². The van der Waals surface area contributed by atoms with Gasteiger partial charge in [-0.3, -0.25) is 9.69 Å². The van der Waals surface area contributed by atoms with Gasteiger partial charge in [-0.2, -0.15) is 5.26 Å². The monoisotopic (exact) mass is 348 g/mol. The van der Waals surface area contributed by atoms with Crippen LogP contribution in [0, 0.1) is 16.7 Å². The van der Waals surface area contributed by atoms with Gasteiger partial charge in [0.1, 0.15) is 0 Å². The van der Waals surface area contributed by atoms with Crippen molar-refractivity contribution >= 4 is 11.6 Å². The Kier molecular flexibility index (Phi) is 4.62. The molecule has 5 nitrogen and oxygen atoms in total. The zero-order chi connectivity index (χ0) is 18.0. The Balaban J connectivity index is 1.46. The lowest BCUT2D eigenvalue weighted by molar-refractivity contribution is -0.121. The number of carbonyl (C=O) groups excluding carboxylic acids is 1. The van der Waals surface area contributed by atoms with Gasteiger partial charge < -0.3 is 10.6 Å². The number of rotatable bonds is 3. The number of nitrogens with zero attached hydrogens (tertiary/aromatic N) is 2. The third-order valence-corrected chi connectivity index (χ3v) is 5.80. The van der Waals surface area contributed by atoms with E-state index in [1.54, 1.807) is 12.2 Å². The molecule has 3 saturated heterocycles. The van der Waals surface area contributed by atoms with Crippen LogP contribution in [-0.4, -0.2) is 36.5 Å². The average Bonchev–Trinajstić information content (AvgIpc) is 3.03.